The van der Waals surface area contributed by atoms with Gasteiger partial charge in [-0.05, 0) is 61.4 Å². The number of ether oxygens (including phenoxy) is 2. The van der Waals surface area contributed by atoms with Gasteiger partial charge in [0.1, 0.15) is 23.9 Å². The Morgan fingerprint density at radius 1 is 0.976 bits per heavy atom. The van der Waals surface area contributed by atoms with E-state index >= 15 is 0 Å². The highest BCUT2D eigenvalue weighted by molar-refractivity contribution is 7.18. The Labute approximate surface area is 241 Å². The number of benzene rings is 3. The molecule has 0 bridgehead atoms. The minimum atomic E-state index is -1.01. The Kier molecular flexibility index (Phi) is 7.98. The van der Waals surface area contributed by atoms with E-state index in [9.17, 15) is 19.5 Å². The van der Waals surface area contributed by atoms with Crippen molar-refractivity contribution in [2.75, 3.05) is 11.5 Å². The molecule has 2 heterocycles. The molecule has 0 saturated carbocycles. The fourth-order valence-corrected chi connectivity index (χ4v) is 5.69. The summed E-state index contributed by atoms with van der Waals surface area (Å²) < 4.78 is 11.5. The second-order valence-corrected chi connectivity index (χ2v) is 10.4. The molecule has 1 unspecified atom stereocenters. The molecule has 5 rings (SSSR count). The van der Waals surface area contributed by atoms with Gasteiger partial charge in [-0.2, -0.15) is 0 Å². The van der Waals surface area contributed by atoms with Gasteiger partial charge in [0.25, 0.3) is 5.78 Å². The van der Waals surface area contributed by atoms with E-state index in [1.165, 1.54) is 11.8 Å². The molecule has 4 aromatic rings. The van der Waals surface area contributed by atoms with Crippen molar-refractivity contribution >= 4 is 39.7 Å². The summed E-state index contributed by atoms with van der Waals surface area (Å²) in [5.74, 6) is -1.08. The van der Waals surface area contributed by atoms with Gasteiger partial charge in [0.2, 0.25) is 0 Å². The highest BCUT2D eigenvalue weighted by Crippen LogP contribution is 2.44. The van der Waals surface area contributed by atoms with E-state index in [2.05, 4.69) is 4.98 Å². The van der Waals surface area contributed by atoms with Crippen molar-refractivity contribution in [3.63, 3.8) is 0 Å². The first-order valence-electron chi connectivity index (χ1n) is 13.1. The topological polar surface area (TPSA) is 106 Å². The van der Waals surface area contributed by atoms with Crippen LogP contribution in [0.4, 0.5) is 5.13 Å². The minimum absolute atomic E-state index is 0.0865. The van der Waals surface area contributed by atoms with Crippen molar-refractivity contribution < 1.29 is 29.0 Å². The number of carbonyl (C=O) groups is 3. The molecule has 8 nitrogen and oxygen atoms in total. The summed E-state index contributed by atoms with van der Waals surface area (Å²) in [6.07, 6.45) is 0. The molecule has 0 aliphatic carbocycles. The summed E-state index contributed by atoms with van der Waals surface area (Å²) in [5, 5.41) is 11.6. The van der Waals surface area contributed by atoms with E-state index in [4.69, 9.17) is 9.47 Å². The Morgan fingerprint density at radius 2 is 1.71 bits per heavy atom. The summed E-state index contributed by atoms with van der Waals surface area (Å²) in [6.45, 7) is 5.78. The number of hydrogen-bond donors (Lipinski definition) is 1. The van der Waals surface area contributed by atoms with E-state index in [0.717, 1.165) is 16.9 Å². The van der Waals surface area contributed by atoms with Crippen LogP contribution in [-0.2, 0) is 16.2 Å². The van der Waals surface area contributed by atoms with Crippen LogP contribution in [0, 0.1) is 6.92 Å². The summed E-state index contributed by atoms with van der Waals surface area (Å²) >= 11 is 1.04. The summed E-state index contributed by atoms with van der Waals surface area (Å²) in [6, 6.07) is 22.4. The highest BCUT2D eigenvalue weighted by atomic mass is 32.1. The van der Waals surface area contributed by atoms with E-state index in [-0.39, 0.29) is 22.2 Å². The van der Waals surface area contributed by atoms with Crippen molar-refractivity contribution in [1.82, 2.24) is 4.98 Å². The van der Waals surface area contributed by atoms with E-state index in [1.807, 2.05) is 37.3 Å². The third-order valence-corrected chi connectivity index (χ3v) is 7.87. The van der Waals surface area contributed by atoms with Crippen molar-refractivity contribution in [2.24, 2.45) is 0 Å². The van der Waals surface area contributed by atoms with Crippen LogP contribution in [0.25, 0.3) is 5.76 Å². The van der Waals surface area contributed by atoms with Crippen molar-refractivity contribution in [2.45, 2.75) is 33.4 Å². The largest absolute Gasteiger partial charge is 0.507 e. The van der Waals surface area contributed by atoms with Crippen LogP contribution < -0.4 is 14.4 Å². The number of Topliss-reactive ketones (excluding diaryl/α,β-unsaturated/α-hetero) is 2. The molecule has 41 heavy (non-hydrogen) atoms. The van der Waals surface area contributed by atoms with Crippen molar-refractivity contribution in [3.8, 4) is 11.5 Å². The van der Waals surface area contributed by atoms with Crippen molar-refractivity contribution in [3.05, 3.63) is 112 Å². The predicted molar refractivity (Wildman–Crippen MR) is 156 cm³/mol. The van der Waals surface area contributed by atoms with Gasteiger partial charge in [0, 0.05) is 12.5 Å². The van der Waals surface area contributed by atoms with Gasteiger partial charge in [-0.1, -0.05) is 53.8 Å². The second-order valence-electron chi connectivity index (χ2n) is 9.44. The van der Waals surface area contributed by atoms with Crippen LogP contribution >= 0.6 is 11.3 Å². The Balaban J connectivity index is 1.61. The molecule has 1 aromatic heterocycles. The molecular formula is C32H28N2O6S. The monoisotopic (exact) mass is 568 g/mol. The number of rotatable bonds is 9. The van der Waals surface area contributed by atoms with E-state index < -0.39 is 17.7 Å². The van der Waals surface area contributed by atoms with Gasteiger partial charge in [0.15, 0.2) is 10.9 Å². The van der Waals surface area contributed by atoms with E-state index in [1.54, 1.807) is 55.5 Å². The first-order valence-corrected chi connectivity index (χ1v) is 13.9. The first-order chi connectivity index (χ1) is 19.8. The number of carbonyl (C=O) groups excluding carboxylic acids is 3. The molecule has 3 aromatic carbocycles. The third kappa shape index (κ3) is 5.62. The summed E-state index contributed by atoms with van der Waals surface area (Å²) in [4.78, 5) is 45.3. The number of anilines is 1. The SMILES string of the molecule is CCOc1ccc(/C(O)=C2\C(=O)C(=O)N(c3nc(C)c(C(C)=O)s3)C2c2cccc(OCc3ccccc3)c2)cc1. The van der Waals surface area contributed by atoms with Gasteiger partial charge in [0.05, 0.1) is 28.8 Å². The normalized spacial score (nSPS) is 16.2. The maximum atomic E-state index is 13.5. The fraction of sp³-hybridized carbons (Fsp3) is 0.188. The van der Waals surface area contributed by atoms with Crippen molar-refractivity contribution in [1.29, 1.82) is 0 Å². The molecular weight excluding hydrogens is 540 g/mol. The summed E-state index contributed by atoms with van der Waals surface area (Å²) in [5.41, 5.74) is 2.25. The lowest BCUT2D eigenvalue weighted by Gasteiger charge is -2.23. The number of nitrogens with zero attached hydrogens (tertiary/aromatic N) is 2. The number of thiazole rings is 1. The number of aliphatic hydroxyl groups is 1. The van der Waals surface area contributed by atoms with Crippen LogP contribution in [0.1, 0.15) is 51.9 Å². The predicted octanol–water partition coefficient (Wildman–Crippen LogP) is 6.26. The zero-order chi connectivity index (χ0) is 29.1. The van der Waals surface area contributed by atoms with Crippen LogP contribution in [0.5, 0.6) is 11.5 Å². The van der Waals surface area contributed by atoms with Crippen LogP contribution in [-0.4, -0.2) is 34.2 Å². The van der Waals surface area contributed by atoms with Gasteiger partial charge in [-0.3, -0.25) is 19.3 Å². The number of ketones is 2. The number of amides is 1. The molecule has 1 amide bonds. The van der Waals surface area contributed by atoms with Gasteiger partial charge in [-0.15, -0.1) is 0 Å². The molecule has 1 fully saturated rings. The molecule has 1 N–H and O–H groups in total. The maximum Gasteiger partial charge on any atom is 0.301 e. The molecule has 0 spiro atoms. The Morgan fingerprint density at radius 3 is 2.37 bits per heavy atom. The average Bonchev–Trinajstić information content (AvgIpc) is 3.49. The zero-order valence-corrected chi connectivity index (χ0v) is 23.6. The fourth-order valence-electron chi connectivity index (χ4n) is 4.70. The number of aromatic nitrogens is 1. The second kappa shape index (κ2) is 11.8. The van der Waals surface area contributed by atoms with Gasteiger partial charge < -0.3 is 14.6 Å². The quantitative estimate of drug-likeness (QED) is 0.110. The lowest BCUT2D eigenvalue weighted by molar-refractivity contribution is -0.132. The molecule has 1 saturated heterocycles. The highest BCUT2D eigenvalue weighted by Gasteiger charge is 2.48. The molecule has 1 aliphatic heterocycles. The smallest absolute Gasteiger partial charge is 0.301 e. The standard InChI is InChI=1S/C32H28N2O6S/c1-4-39-24-15-13-22(14-16-24)28(36)26-27(23-11-8-12-25(17-23)40-18-21-9-6-5-7-10-21)34(31(38)29(26)37)32-33-19(2)30(41-32)20(3)35/h5-17,27,36H,4,18H2,1-3H3/b28-26+. The molecule has 1 aliphatic rings. The summed E-state index contributed by atoms with van der Waals surface area (Å²) in [7, 11) is 0. The lowest BCUT2D eigenvalue weighted by atomic mass is 9.95. The Hall–Kier alpha value is -4.76. The molecule has 1 atom stereocenters. The van der Waals surface area contributed by atoms with Gasteiger partial charge >= 0.3 is 5.91 Å². The van der Waals surface area contributed by atoms with Crippen LogP contribution in [0.15, 0.2) is 84.4 Å². The lowest BCUT2D eigenvalue weighted by Crippen LogP contribution is -2.29. The molecule has 0 radical (unpaired) electrons. The average molecular weight is 569 g/mol. The maximum absolute atomic E-state index is 13.5. The van der Waals surface area contributed by atoms with Crippen LogP contribution in [0.3, 0.4) is 0 Å². The number of aliphatic hydroxyl groups excluding tert-OH is 1. The minimum Gasteiger partial charge on any atom is -0.507 e. The zero-order valence-electron chi connectivity index (χ0n) is 22.8. The number of aryl methyl sites for hydroxylation is 1. The third-order valence-electron chi connectivity index (χ3n) is 6.62. The number of hydrogen-bond acceptors (Lipinski definition) is 8. The van der Waals surface area contributed by atoms with E-state index in [0.29, 0.717) is 46.4 Å². The van der Waals surface area contributed by atoms with Crippen LogP contribution in [0.2, 0.25) is 0 Å². The molecule has 9 heteroatoms. The van der Waals surface area contributed by atoms with Gasteiger partial charge in [-0.25, -0.2) is 4.98 Å². The Bertz CT molecular complexity index is 1640. The first kappa shape index (κ1) is 27.8. The molecule has 208 valence electrons.